The second kappa shape index (κ2) is 14.2. The quantitative estimate of drug-likeness (QED) is 0.146. The molecule has 9 aromatic rings. The molecule has 0 atom stereocenters. The van der Waals surface area contributed by atoms with Crippen LogP contribution in [0.1, 0.15) is 0 Å². The maximum absolute atomic E-state index is 6.22. The van der Waals surface area contributed by atoms with Crippen molar-refractivity contribution in [2.75, 3.05) is 0 Å². The van der Waals surface area contributed by atoms with Gasteiger partial charge in [0.2, 0.25) is 5.89 Å². The number of rotatable bonds is 8. The van der Waals surface area contributed by atoms with Crippen LogP contribution < -0.4 is 5.19 Å². The first-order chi connectivity index (χ1) is 26.9. The van der Waals surface area contributed by atoms with Gasteiger partial charge in [-0.25, -0.2) is 19.9 Å². The van der Waals surface area contributed by atoms with Gasteiger partial charge in [0.15, 0.2) is 23.1 Å². The highest BCUT2D eigenvalue weighted by Crippen LogP contribution is 2.34. The first kappa shape index (κ1) is 34.0. The summed E-state index contributed by atoms with van der Waals surface area (Å²) in [6.07, 6.45) is 0. The Balaban J connectivity index is 1.09. The minimum Gasteiger partial charge on any atom is -0.436 e. The molecule has 7 aromatic carbocycles. The van der Waals surface area contributed by atoms with E-state index in [4.69, 9.17) is 24.4 Å². The molecule has 264 valence electrons. The summed E-state index contributed by atoms with van der Waals surface area (Å²) in [5.74, 6) is 2.26. The molecule has 2 heterocycles. The van der Waals surface area contributed by atoms with Gasteiger partial charge in [0.25, 0.3) is 0 Å². The van der Waals surface area contributed by atoms with Crippen LogP contribution >= 0.6 is 0 Å². The molecule has 0 fully saturated rings. The van der Waals surface area contributed by atoms with Crippen LogP contribution in [0.4, 0.5) is 0 Å². The van der Waals surface area contributed by atoms with E-state index >= 15 is 0 Å². The number of oxazole rings is 1. The molecule has 0 aliphatic heterocycles. The fraction of sp³-hybridized carbons (Fsp3) is 0.0612. The van der Waals surface area contributed by atoms with E-state index in [2.05, 4.69) is 117 Å². The number of para-hydroxylation sites is 1. The molecule has 5 nitrogen and oxygen atoms in total. The molecule has 0 spiro atoms. The van der Waals surface area contributed by atoms with Crippen molar-refractivity contribution in [3.63, 3.8) is 0 Å². The molecule has 9 rings (SSSR count). The number of nitrogens with zero attached hydrogens (tertiary/aromatic N) is 4. The minimum atomic E-state index is -1.36. The summed E-state index contributed by atoms with van der Waals surface area (Å²) in [4.78, 5) is 20.0. The molecule has 0 amide bonds. The third kappa shape index (κ3) is 7.03. The van der Waals surface area contributed by atoms with Gasteiger partial charge in [0.1, 0.15) is 5.52 Å². The van der Waals surface area contributed by atoms with E-state index in [-0.39, 0.29) is 0 Å². The fourth-order valence-corrected chi connectivity index (χ4v) is 8.10. The smallest absolute Gasteiger partial charge is 0.227 e. The lowest BCUT2D eigenvalue weighted by Gasteiger charge is -2.17. The molecule has 0 saturated carbocycles. The molecule has 55 heavy (non-hydrogen) atoms. The molecular formula is C49H38N4OSi. The van der Waals surface area contributed by atoms with E-state index in [0.29, 0.717) is 34.5 Å². The molecule has 0 saturated heterocycles. The average Bonchev–Trinajstić information content (AvgIpc) is 3.69. The van der Waals surface area contributed by atoms with Crippen molar-refractivity contribution in [1.82, 2.24) is 19.9 Å². The summed E-state index contributed by atoms with van der Waals surface area (Å²) < 4.78 is 6.22. The van der Waals surface area contributed by atoms with E-state index in [1.165, 1.54) is 21.9 Å². The summed E-state index contributed by atoms with van der Waals surface area (Å²) in [5.41, 5.74) is 11.8. The van der Waals surface area contributed by atoms with Crippen LogP contribution in [0, 0.1) is 0 Å². The van der Waals surface area contributed by atoms with Crippen molar-refractivity contribution in [1.29, 1.82) is 0 Å². The zero-order valence-electron chi connectivity index (χ0n) is 30.9. The average molecular weight is 727 g/mol. The van der Waals surface area contributed by atoms with Gasteiger partial charge in [-0.2, -0.15) is 0 Å². The van der Waals surface area contributed by atoms with Crippen LogP contribution in [0.15, 0.2) is 180 Å². The molecule has 0 radical (unpaired) electrons. The predicted molar refractivity (Wildman–Crippen MR) is 228 cm³/mol. The molecule has 6 heteroatoms. The summed E-state index contributed by atoms with van der Waals surface area (Å²) in [6, 6.07) is 60.9. The Morgan fingerprint density at radius 2 is 0.818 bits per heavy atom. The normalized spacial score (nSPS) is 11.5. The van der Waals surface area contributed by atoms with Gasteiger partial charge in [-0.1, -0.05) is 158 Å². The largest absolute Gasteiger partial charge is 0.436 e. The number of hydrogen-bond acceptors (Lipinski definition) is 5. The van der Waals surface area contributed by atoms with Crippen LogP contribution in [0.5, 0.6) is 0 Å². The monoisotopic (exact) mass is 726 g/mol. The van der Waals surface area contributed by atoms with Crippen LogP contribution in [0.25, 0.3) is 90.1 Å². The van der Waals surface area contributed by atoms with Crippen LogP contribution in [0.3, 0.4) is 0 Å². The fourth-order valence-electron chi connectivity index (χ4n) is 6.93. The van der Waals surface area contributed by atoms with E-state index < -0.39 is 8.07 Å². The van der Waals surface area contributed by atoms with Crippen LogP contribution in [-0.2, 0) is 0 Å². The highest BCUT2D eigenvalue weighted by atomic mass is 28.3. The number of aromatic nitrogens is 4. The summed E-state index contributed by atoms with van der Waals surface area (Å²) in [6.45, 7) is 7.16. The topological polar surface area (TPSA) is 64.7 Å². The van der Waals surface area contributed by atoms with Crippen molar-refractivity contribution in [3.8, 4) is 79.0 Å². The van der Waals surface area contributed by atoms with Crippen LogP contribution in [0.2, 0.25) is 19.6 Å². The molecular weight excluding hydrogens is 689 g/mol. The molecule has 0 aliphatic rings. The van der Waals surface area contributed by atoms with Gasteiger partial charge in [-0.3, -0.25) is 0 Å². The first-order valence-corrected chi connectivity index (χ1v) is 22.0. The predicted octanol–water partition coefficient (Wildman–Crippen LogP) is 12.2. The standard InChI is InChI=1S/C49H38N4OSi/c1-55(2,3)42-28-26-33(27-29-42)36-18-10-19-37(30-36)38-20-11-21-39(31-38)40-22-12-23-41(32-40)47-51-46(34-14-6-4-7-15-34)52-48(53-47)43-24-13-25-44-45(43)50-49(54-44)35-16-8-5-9-17-35/h4-32H,1-3H3. The second-order valence-electron chi connectivity index (χ2n) is 14.8. The zero-order valence-corrected chi connectivity index (χ0v) is 31.9. The van der Waals surface area contributed by atoms with Crippen LogP contribution in [-0.4, -0.2) is 28.0 Å². The highest BCUT2D eigenvalue weighted by Gasteiger charge is 2.19. The van der Waals surface area contributed by atoms with Gasteiger partial charge in [-0.15, -0.1) is 0 Å². The first-order valence-electron chi connectivity index (χ1n) is 18.5. The number of hydrogen-bond donors (Lipinski definition) is 0. The van der Waals surface area contributed by atoms with Crippen molar-refractivity contribution >= 4 is 24.4 Å². The Kier molecular flexibility index (Phi) is 8.81. The Morgan fingerprint density at radius 1 is 0.364 bits per heavy atom. The Labute approximate surface area is 322 Å². The summed E-state index contributed by atoms with van der Waals surface area (Å²) in [5, 5.41) is 1.47. The minimum absolute atomic E-state index is 0.532. The van der Waals surface area contributed by atoms with E-state index in [9.17, 15) is 0 Å². The Hall–Kier alpha value is -6.76. The molecule has 0 aliphatic carbocycles. The Morgan fingerprint density at radius 3 is 1.40 bits per heavy atom. The van der Waals surface area contributed by atoms with Gasteiger partial charge >= 0.3 is 0 Å². The lowest BCUT2D eigenvalue weighted by atomic mass is 9.95. The lowest BCUT2D eigenvalue weighted by molar-refractivity contribution is 0.620. The van der Waals surface area contributed by atoms with Crippen molar-refractivity contribution in [2.45, 2.75) is 19.6 Å². The van der Waals surface area contributed by atoms with E-state index in [1.807, 2.05) is 78.9 Å². The van der Waals surface area contributed by atoms with Gasteiger partial charge in [0, 0.05) is 22.3 Å². The lowest BCUT2D eigenvalue weighted by Crippen LogP contribution is -2.37. The summed E-state index contributed by atoms with van der Waals surface area (Å²) >= 11 is 0. The second-order valence-corrected chi connectivity index (χ2v) is 19.9. The van der Waals surface area contributed by atoms with Crippen molar-refractivity contribution < 1.29 is 4.42 Å². The summed E-state index contributed by atoms with van der Waals surface area (Å²) in [7, 11) is -1.36. The van der Waals surface area contributed by atoms with Gasteiger partial charge < -0.3 is 4.42 Å². The molecule has 2 aromatic heterocycles. The van der Waals surface area contributed by atoms with E-state index in [0.717, 1.165) is 38.9 Å². The van der Waals surface area contributed by atoms with E-state index in [1.54, 1.807) is 0 Å². The third-order valence-electron chi connectivity index (χ3n) is 9.94. The molecule has 0 unspecified atom stereocenters. The number of benzene rings is 7. The van der Waals surface area contributed by atoms with Gasteiger partial charge in [-0.05, 0) is 75.8 Å². The number of fused-ring (bicyclic) bond motifs is 1. The SMILES string of the molecule is C[Si](C)(C)c1ccc(-c2cccc(-c3cccc(-c4cccc(-c5nc(-c6ccccc6)nc(-c6cccc7oc(-c8ccccc8)nc67)n5)c4)c3)c2)cc1. The highest BCUT2D eigenvalue weighted by molar-refractivity contribution is 6.88. The zero-order chi connectivity index (χ0) is 37.4. The van der Waals surface area contributed by atoms with Crippen molar-refractivity contribution in [2.24, 2.45) is 0 Å². The van der Waals surface area contributed by atoms with Crippen molar-refractivity contribution in [3.05, 3.63) is 176 Å². The molecule has 0 N–H and O–H groups in total. The maximum Gasteiger partial charge on any atom is 0.227 e. The molecule has 0 bridgehead atoms. The Bertz CT molecular complexity index is 2790. The third-order valence-corrected chi connectivity index (χ3v) is 12.0. The van der Waals surface area contributed by atoms with Gasteiger partial charge in [0.05, 0.1) is 8.07 Å². The maximum atomic E-state index is 6.22.